The van der Waals surface area contributed by atoms with Crippen LogP contribution in [-0.2, 0) is 0 Å². The molecule has 2 atom stereocenters. The molecule has 1 aliphatic carbocycles. The average Bonchev–Trinajstić information content (AvgIpc) is 2.52. The van der Waals surface area contributed by atoms with Crippen molar-refractivity contribution >= 4 is 21.5 Å². The predicted molar refractivity (Wildman–Crippen MR) is 59.8 cm³/mol. The van der Waals surface area contributed by atoms with Crippen molar-refractivity contribution in [3.05, 3.63) is 34.6 Å². The van der Waals surface area contributed by atoms with Gasteiger partial charge in [0.2, 0.25) is 0 Å². The second-order valence-electron chi connectivity index (χ2n) is 3.92. The van der Waals surface area contributed by atoms with Gasteiger partial charge in [0.05, 0.1) is 0 Å². The van der Waals surface area contributed by atoms with E-state index in [1.54, 1.807) is 0 Å². The third-order valence-electron chi connectivity index (χ3n) is 3.11. The fourth-order valence-corrected chi connectivity index (χ4v) is 2.54. The zero-order valence-corrected chi connectivity index (χ0v) is 9.29. The second-order valence-corrected chi connectivity index (χ2v) is 4.73. The fraction of sp³-hybridized carbons (Fsp3) is 0.364. The highest BCUT2D eigenvalue weighted by atomic mass is 79.9. The van der Waals surface area contributed by atoms with Crippen LogP contribution >= 0.6 is 15.9 Å². The van der Waals surface area contributed by atoms with E-state index in [0.717, 1.165) is 29.5 Å². The molecule has 1 aliphatic heterocycles. The first-order valence-corrected chi connectivity index (χ1v) is 5.68. The van der Waals surface area contributed by atoms with Crippen LogP contribution < -0.4 is 5.32 Å². The van der Waals surface area contributed by atoms with Crippen molar-refractivity contribution in [3.63, 3.8) is 0 Å². The third kappa shape index (κ3) is 1.23. The molecule has 0 unspecified atom stereocenters. The van der Waals surface area contributed by atoms with E-state index in [2.05, 4.69) is 38.4 Å². The first-order chi connectivity index (χ1) is 6.84. The van der Waals surface area contributed by atoms with Gasteiger partial charge in [0.25, 0.3) is 0 Å². The van der Waals surface area contributed by atoms with Gasteiger partial charge in [0, 0.05) is 25.2 Å². The number of rotatable bonds is 1. The zero-order valence-electron chi connectivity index (χ0n) is 7.70. The van der Waals surface area contributed by atoms with Gasteiger partial charge in [0.15, 0.2) is 0 Å². The summed E-state index contributed by atoms with van der Waals surface area (Å²) in [5.41, 5.74) is 2.75. The quantitative estimate of drug-likeness (QED) is 0.773. The number of aromatic nitrogens is 1. The highest BCUT2D eigenvalue weighted by molar-refractivity contribution is 9.10. The fourth-order valence-electron chi connectivity index (χ4n) is 2.31. The van der Waals surface area contributed by atoms with Gasteiger partial charge in [-0.25, -0.2) is 4.98 Å². The molecular weight excluding hydrogens is 240 g/mol. The van der Waals surface area contributed by atoms with Crippen molar-refractivity contribution in [2.75, 3.05) is 13.1 Å². The Kier molecular flexibility index (Phi) is 1.96. The van der Waals surface area contributed by atoms with Gasteiger partial charge in [-0.2, -0.15) is 0 Å². The molecule has 72 valence electrons. The van der Waals surface area contributed by atoms with Crippen molar-refractivity contribution in [2.24, 2.45) is 11.8 Å². The standard InChI is InChI=1S/C11H11BrN2/c12-11-2-1-7(5-14-11)9-3-8-4-13-6-10(8)9/h1-3,5,8,10,13H,4,6H2/t8-,10+/m1/s1. The summed E-state index contributed by atoms with van der Waals surface area (Å²) in [6.45, 7) is 2.28. The van der Waals surface area contributed by atoms with Crippen LogP contribution in [0.1, 0.15) is 5.56 Å². The zero-order chi connectivity index (χ0) is 9.54. The molecule has 0 radical (unpaired) electrons. The maximum Gasteiger partial charge on any atom is 0.106 e. The maximum absolute atomic E-state index is 4.25. The van der Waals surface area contributed by atoms with Crippen LogP contribution in [0.2, 0.25) is 0 Å². The Morgan fingerprint density at radius 1 is 1.36 bits per heavy atom. The molecule has 1 aromatic heterocycles. The Hall–Kier alpha value is -0.670. The summed E-state index contributed by atoms with van der Waals surface area (Å²) in [4.78, 5) is 4.25. The van der Waals surface area contributed by atoms with Crippen LogP contribution in [0, 0.1) is 11.8 Å². The lowest BCUT2D eigenvalue weighted by Gasteiger charge is -2.29. The Balaban J connectivity index is 1.90. The number of hydrogen-bond donors (Lipinski definition) is 1. The molecule has 1 fully saturated rings. The number of fused-ring (bicyclic) bond motifs is 1. The number of nitrogens with one attached hydrogen (secondary N) is 1. The number of halogens is 1. The summed E-state index contributed by atoms with van der Waals surface area (Å²) in [5.74, 6) is 1.51. The van der Waals surface area contributed by atoms with Gasteiger partial charge in [-0.05, 0) is 39.1 Å². The van der Waals surface area contributed by atoms with Gasteiger partial charge in [-0.3, -0.25) is 0 Å². The third-order valence-corrected chi connectivity index (χ3v) is 3.58. The Morgan fingerprint density at radius 3 is 3.00 bits per heavy atom. The van der Waals surface area contributed by atoms with E-state index in [9.17, 15) is 0 Å². The van der Waals surface area contributed by atoms with Crippen LogP contribution in [-0.4, -0.2) is 18.1 Å². The Labute approximate surface area is 91.6 Å². The van der Waals surface area contributed by atoms with Gasteiger partial charge in [-0.15, -0.1) is 0 Å². The van der Waals surface area contributed by atoms with Crippen molar-refractivity contribution in [2.45, 2.75) is 0 Å². The molecular formula is C11H11BrN2. The second kappa shape index (κ2) is 3.17. The van der Waals surface area contributed by atoms with E-state index in [0.29, 0.717) is 0 Å². The van der Waals surface area contributed by atoms with Crippen molar-refractivity contribution in [1.29, 1.82) is 0 Å². The SMILES string of the molecule is Brc1ccc(C2=C[C@@H]3CNC[C@H]23)cn1. The summed E-state index contributed by atoms with van der Waals surface area (Å²) < 4.78 is 0.905. The van der Waals surface area contributed by atoms with Gasteiger partial charge in [-0.1, -0.05) is 12.1 Å². The monoisotopic (exact) mass is 250 g/mol. The largest absolute Gasteiger partial charge is 0.315 e. The first-order valence-electron chi connectivity index (χ1n) is 4.89. The van der Waals surface area contributed by atoms with Crippen molar-refractivity contribution in [3.8, 4) is 0 Å². The lowest BCUT2D eigenvalue weighted by Crippen LogP contribution is -2.21. The van der Waals surface area contributed by atoms with E-state index in [1.807, 2.05) is 12.3 Å². The number of hydrogen-bond acceptors (Lipinski definition) is 2. The van der Waals surface area contributed by atoms with Crippen molar-refractivity contribution in [1.82, 2.24) is 10.3 Å². The molecule has 2 nitrogen and oxygen atoms in total. The molecule has 0 spiro atoms. The van der Waals surface area contributed by atoms with E-state index >= 15 is 0 Å². The van der Waals surface area contributed by atoms with Crippen LogP contribution in [0.5, 0.6) is 0 Å². The van der Waals surface area contributed by atoms with E-state index in [1.165, 1.54) is 11.1 Å². The number of nitrogens with zero attached hydrogens (tertiary/aromatic N) is 1. The summed E-state index contributed by atoms with van der Waals surface area (Å²) in [7, 11) is 0. The average molecular weight is 251 g/mol. The van der Waals surface area contributed by atoms with Crippen LogP contribution in [0.25, 0.3) is 5.57 Å². The van der Waals surface area contributed by atoms with Crippen LogP contribution in [0.3, 0.4) is 0 Å². The molecule has 1 aromatic rings. The molecule has 0 aromatic carbocycles. The Morgan fingerprint density at radius 2 is 2.29 bits per heavy atom. The topological polar surface area (TPSA) is 24.9 Å². The lowest BCUT2D eigenvalue weighted by atomic mass is 9.74. The predicted octanol–water partition coefficient (Wildman–Crippen LogP) is 2.08. The number of pyridine rings is 1. The molecule has 1 N–H and O–H groups in total. The minimum atomic E-state index is 0.734. The van der Waals surface area contributed by atoms with Gasteiger partial charge in [0.1, 0.15) is 4.60 Å². The van der Waals surface area contributed by atoms with E-state index in [-0.39, 0.29) is 0 Å². The minimum Gasteiger partial charge on any atom is -0.315 e. The summed E-state index contributed by atoms with van der Waals surface area (Å²) in [5, 5.41) is 3.41. The van der Waals surface area contributed by atoms with Crippen LogP contribution in [0.4, 0.5) is 0 Å². The molecule has 2 heterocycles. The summed E-state index contributed by atoms with van der Waals surface area (Å²) in [6.07, 6.45) is 4.32. The molecule has 0 amide bonds. The van der Waals surface area contributed by atoms with Crippen LogP contribution in [0.15, 0.2) is 29.0 Å². The first kappa shape index (κ1) is 8.62. The summed E-state index contributed by atoms with van der Waals surface area (Å²) in [6, 6.07) is 4.14. The molecule has 14 heavy (non-hydrogen) atoms. The normalized spacial score (nSPS) is 29.4. The van der Waals surface area contributed by atoms with Gasteiger partial charge < -0.3 is 5.32 Å². The minimum absolute atomic E-state index is 0.734. The highest BCUT2D eigenvalue weighted by Gasteiger charge is 2.36. The maximum atomic E-state index is 4.25. The van der Waals surface area contributed by atoms with Gasteiger partial charge >= 0.3 is 0 Å². The van der Waals surface area contributed by atoms with E-state index < -0.39 is 0 Å². The molecule has 1 saturated heterocycles. The molecule has 0 bridgehead atoms. The highest BCUT2D eigenvalue weighted by Crippen LogP contribution is 2.42. The molecule has 0 saturated carbocycles. The van der Waals surface area contributed by atoms with Crippen molar-refractivity contribution < 1.29 is 0 Å². The lowest BCUT2D eigenvalue weighted by molar-refractivity contribution is 0.564. The van der Waals surface area contributed by atoms with E-state index in [4.69, 9.17) is 0 Å². The molecule has 2 aliphatic rings. The molecule has 3 rings (SSSR count). The smallest absolute Gasteiger partial charge is 0.106 e. The molecule has 3 heteroatoms. The summed E-state index contributed by atoms with van der Waals surface area (Å²) >= 11 is 3.35. The Bertz CT molecular complexity index is 383.